The molecule has 0 radical (unpaired) electrons. The Bertz CT molecular complexity index is 307. The minimum absolute atomic E-state index is 0. The van der Waals surface area contributed by atoms with Crippen LogP contribution in [-0.4, -0.2) is 47.1 Å². The van der Waals surface area contributed by atoms with Crippen LogP contribution in [0.15, 0.2) is 0 Å². The fourth-order valence-electron chi connectivity index (χ4n) is 0.829. The van der Waals surface area contributed by atoms with E-state index in [0.717, 1.165) is 0 Å². The van der Waals surface area contributed by atoms with E-state index in [0.29, 0.717) is 13.0 Å². The largest absolute Gasteiger partial charge is 1.00 e. The summed E-state index contributed by atoms with van der Waals surface area (Å²) in [6.45, 7) is 3.27. The van der Waals surface area contributed by atoms with Crippen LogP contribution in [-0.2, 0) is 9.36 Å². The Kier molecular flexibility index (Phi) is 34.0. The van der Waals surface area contributed by atoms with Gasteiger partial charge in [-0.15, -0.1) is 0 Å². The topological polar surface area (TPSA) is 176 Å². The zero-order valence-corrected chi connectivity index (χ0v) is 24.0. The zero-order chi connectivity index (χ0) is 15.7. The predicted octanol–water partition coefficient (Wildman–Crippen LogP) is -12.9. The van der Waals surface area contributed by atoms with Gasteiger partial charge in [-0.05, 0) is 6.42 Å². The normalized spacial score (nSPS) is 11.5. The minimum Gasteiger partial charge on any atom is -0.822 e. The number of carbonyl (C=O) groups is 1. The van der Waals surface area contributed by atoms with Crippen LogP contribution in [0.5, 0.6) is 0 Å². The summed E-state index contributed by atoms with van der Waals surface area (Å²) in [7, 11) is -5.39. The van der Waals surface area contributed by atoms with E-state index in [9.17, 15) is 9.90 Å². The first kappa shape index (κ1) is 37.2. The second-order valence-corrected chi connectivity index (χ2v) is 5.26. The standard InChI is InChI=1S/C9H19NO4.3K.H3O4P/c1-9(2,6-12)7(13)8(14)10-4-3-5-11;;;;1-5(2,3)4/h7,11-13H,3-6H2,1-2H3,(H,10,14);;;;(H3,1,2,3,4)/q;3*+1;/p-3. The molecule has 9 nitrogen and oxygen atoms in total. The van der Waals surface area contributed by atoms with E-state index in [-0.39, 0.29) is 167 Å². The van der Waals surface area contributed by atoms with E-state index in [2.05, 4.69) is 5.32 Å². The van der Waals surface area contributed by atoms with Crippen molar-refractivity contribution in [1.29, 1.82) is 0 Å². The molecule has 0 aromatic carbocycles. The maximum Gasteiger partial charge on any atom is 1.00 e. The van der Waals surface area contributed by atoms with Crippen LogP contribution in [0, 0.1) is 5.41 Å². The first-order valence-corrected chi connectivity index (χ1v) is 6.82. The second-order valence-electron chi connectivity index (χ2n) is 4.36. The fraction of sp³-hybridized carbons (Fsp3) is 0.889. The summed E-state index contributed by atoms with van der Waals surface area (Å²) in [4.78, 5) is 36.9. The average molecular weight is 418 g/mol. The Balaban J connectivity index is -0.000000105. The van der Waals surface area contributed by atoms with Crippen LogP contribution in [0.3, 0.4) is 0 Å². The molecule has 0 aliphatic heterocycles. The van der Waals surface area contributed by atoms with E-state index in [1.54, 1.807) is 13.8 Å². The Labute approximate surface area is 257 Å². The van der Waals surface area contributed by atoms with Gasteiger partial charge in [-0.2, -0.15) is 7.82 Å². The number of hydrogen-bond acceptors (Lipinski definition) is 8. The van der Waals surface area contributed by atoms with Crippen LogP contribution in [0.25, 0.3) is 0 Å². The van der Waals surface area contributed by atoms with Gasteiger partial charge in [0.15, 0.2) is 0 Å². The van der Waals surface area contributed by atoms with Gasteiger partial charge in [0, 0.05) is 18.6 Å². The van der Waals surface area contributed by atoms with Gasteiger partial charge in [-0.1, -0.05) is 13.8 Å². The molecule has 0 saturated heterocycles. The number of carbonyl (C=O) groups excluding carboxylic acids is 1. The molecule has 0 aromatic heterocycles. The van der Waals surface area contributed by atoms with Crippen molar-refractivity contribution < 1.29 is 194 Å². The fourth-order valence-corrected chi connectivity index (χ4v) is 0.829. The van der Waals surface area contributed by atoms with Gasteiger partial charge in [-0.25, -0.2) is 0 Å². The monoisotopic (exact) mass is 417 g/mol. The number of nitrogens with one attached hydrogen (secondary N) is 1. The minimum atomic E-state index is -5.39. The van der Waals surface area contributed by atoms with E-state index in [4.69, 9.17) is 29.5 Å². The molecule has 1 atom stereocenters. The SMILES string of the molecule is CC(C)(CO)C(O)C(=O)NCCCO.O=P([O-])([O-])[O-].[K+].[K+].[K+]. The molecule has 0 aromatic rings. The summed E-state index contributed by atoms with van der Waals surface area (Å²) < 4.78 is 8.55. The van der Waals surface area contributed by atoms with Crippen LogP contribution < -0.4 is 174 Å². The van der Waals surface area contributed by atoms with Crippen molar-refractivity contribution >= 4 is 13.7 Å². The van der Waals surface area contributed by atoms with Crippen LogP contribution >= 0.6 is 7.82 Å². The van der Waals surface area contributed by atoms with E-state index >= 15 is 0 Å². The van der Waals surface area contributed by atoms with Crippen LogP contribution in [0.4, 0.5) is 0 Å². The summed E-state index contributed by atoms with van der Waals surface area (Å²) in [6, 6.07) is 0. The molecular formula is C9H19K3NO8P. The third kappa shape index (κ3) is 26.6. The molecule has 0 fully saturated rings. The van der Waals surface area contributed by atoms with Crippen molar-refractivity contribution in [1.82, 2.24) is 5.32 Å². The van der Waals surface area contributed by atoms with Gasteiger partial charge < -0.3 is 39.9 Å². The van der Waals surface area contributed by atoms with E-state index in [1.807, 2.05) is 0 Å². The van der Waals surface area contributed by atoms with Crippen LogP contribution in [0.2, 0.25) is 0 Å². The molecule has 0 spiro atoms. The van der Waals surface area contributed by atoms with Gasteiger partial charge >= 0.3 is 154 Å². The summed E-state index contributed by atoms with van der Waals surface area (Å²) in [5, 5.41) is 29.3. The quantitative estimate of drug-likeness (QED) is 0.187. The molecule has 1 unspecified atom stereocenters. The molecule has 0 bridgehead atoms. The van der Waals surface area contributed by atoms with E-state index in [1.165, 1.54) is 0 Å². The number of amides is 1. The number of aliphatic hydroxyl groups excluding tert-OH is 3. The third-order valence-electron chi connectivity index (χ3n) is 2.03. The van der Waals surface area contributed by atoms with Crippen molar-refractivity contribution in [3.8, 4) is 0 Å². The molecule has 0 rings (SSSR count). The molecule has 0 saturated carbocycles. The predicted molar refractivity (Wildman–Crippen MR) is 59.2 cm³/mol. The number of rotatable bonds is 6. The third-order valence-corrected chi connectivity index (χ3v) is 2.03. The summed E-state index contributed by atoms with van der Waals surface area (Å²) >= 11 is 0. The second kappa shape index (κ2) is 20.1. The van der Waals surface area contributed by atoms with Crippen molar-refractivity contribution in [2.24, 2.45) is 5.41 Å². The van der Waals surface area contributed by atoms with Crippen molar-refractivity contribution in [2.75, 3.05) is 19.8 Å². The molecule has 116 valence electrons. The van der Waals surface area contributed by atoms with Gasteiger partial charge in [0.2, 0.25) is 5.91 Å². The average Bonchev–Trinajstić information content (AvgIpc) is 2.26. The first-order valence-electron chi connectivity index (χ1n) is 5.36. The van der Waals surface area contributed by atoms with Crippen LogP contribution in [0.1, 0.15) is 20.3 Å². The van der Waals surface area contributed by atoms with Gasteiger partial charge in [0.25, 0.3) is 0 Å². The van der Waals surface area contributed by atoms with Gasteiger partial charge in [-0.3, -0.25) is 4.79 Å². The Morgan fingerprint density at radius 3 is 1.82 bits per heavy atom. The van der Waals surface area contributed by atoms with Crippen molar-refractivity contribution in [3.05, 3.63) is 0 Å². The first-order chi connectivity index (χ1) is 8.45. The molecule has 13 heteroatoms. The molecule has 0 heterocycles. The van der Waals surface area contributed by atoms with Crippen molar-refractivity contribution in [3.63, 3.8) is 0 Å². The number of phosphoric acid groups is 1. The molecule has 0 aliphatic rings. The van der Waals surface area contributed by atoms with Crippen molar-refractivity contribution in [2.45, 2.75) is 26.4 Å². The maximum absolute atomic E-state index is 11.3. The summed E-state index contributed by atoms with van der Waals surface area (Å²) in [6.07, 6.45) is -0.774. The number of hydrogen-bond donors (Lipinski definition) is 4. The van der Waals surface area contributed by atoms with Gasteiger partial charge in [0.1, 0.15) is 6.10 Å². The molecule has 1 amide bonds. The molecule has 4 N–H and O–H groups in total. The Morgan fingerprint density at radius 2 is 1.55 bits per heavy atom. The maximum atomic E-state index is 11.3. The Morgan fingerprint density at radius 1 is 1.18 bits per heavy atom. The summed E-state index contributed by atoms with van der Waals surface area (Å²) in [5.74, 6) is -0.516. The molecule has 0 aliphatic carbocycles. The van der Waals surface area contributed by atoms with E-state index < -0.39 is 25.2 Å². The number of aliphatic hydroxyl groups is 3. The smallest absolute Gasteiger partial charge is 0.822 e. The molecule has 22 heavy (non-hydrogen) atoms. The van der Waals surface area contributed by atoms with Gasteiger partial charge in [0.05, 0.1) is 6.61 Å². The Hall–Kier alpha value is 4.37. The zero-order valence-electron chi connectivity index (χ0n) is 13.7. The molecular weight excluding hydrogens is 398 g/mol. The summed E-state index contributed by atoms with van der Waals surface area (Å²) in [5.41, 5.74) is -0.844.